The number of nitro benzene ring substituents is 1. The van der Waals surface area contributed by atoms with Crippen LogP contribution in [0.1, 0.15) is 23.0 Å². The Balaban J connectivity index is 1.72. The first-order valence-electron chi connectivity index (χ1n) is 8.30. The van der Waals surface area contributed by atoms with Crippen molar-refractivity contribution in [3.05, 3.63) is 57.1 Å². The molecule has 0 fully saturated rings. The van der Waals surface area contributed by atoms with Gasteiger partial charge in [0.2, 0.25) is 5.91 Å². The quantitative estimate of drug-likeness (QED) is 0.446. The van der Waals surface area contributed by atoms with Crippen LogP contribution in [0.3, 0.4) is 0 Å². The van der Waals surface area contributed by atoms with Crippen LogP contribution in [0.15, 0.2) is 40.1 Å². The second-order valence-corrected chi connectivity index (χ2v) is 6.67. The molecule has 0 aliphatic heterocycles. The molecule has 0 atom stereocenters. The number of nitrogens with zero attached hydrogens (tertiary/aromatic N) is 2. The Bertz CT molecular complexity index is 1070. The molecule has 2 aromatic heterocycles. The van der Waals surface area contributed by atoms with Crippen LogP contribution in [0.4, 0.5) is 10.8 Å². The lowest BCUT2D eigenvalue weighted by Crippen LogP contribution is -2.18. The highest BCUT2D eigenvalue weighted by Crippen LogP contribution is 2.29. The summed E-state index contributed by atoms with van der Waals surface area (Å²) in [7, 11) is 1.31. The molecule has 0 aliphatic carbocycles. The molecule has 1 aromatic carbocycles. The van der Waals surface area contributed by atoms with Gasteiger partial charge in [0.25, 0.3) is 5.91 Å². The van der Waals surface area contributed by atoms with Gasteiger partial charge in [0.15, 0.2) is 16.6 Å². The SMILES string of the molecule is COc1ccc(C(=O)Nc2nc(-c3ccc(CNC(C)=O)o3)cs2)cc1[N+](=O)[O-]. The maximum absolute atomic E-state index is 12.4. The monoisotopic (exact) mass is 416 g/mol. The van der Waals surface area contributed by atoms with Crippen molar-refractivity contribution in [1.82, 2.24) is 10.3 Å². The summed E-state index contributed by atoms with van der Waals surface area (Å²) in [6.07, 6.45) is 0. The van der Waals surface area contributed by atoms with Crippen LogP contribution in [0.25, 0.3) is 11.5 Å². The number of ether oxygens (including phenoxy) is 1. The highest BCUT2D eigenvalue weighted by atomic mass is 32.1. The van der Waals surface area contributed by atoms with E-state index in [1.807, 2.05) is 0 Å². The molecule has 0 bridgehead atoms. The molecule has 0 unspecified atom stereocenters. The normalized spacial score (nSPS) is 10.4. The summed E-state index contributed by atoms with van der Waals surface area (Å²) in [6.45, 7) is 1.68. The van der Waals surface area contributed by atoms with E-state index in [9.17, 15) is 19.7 Å². The number of rotatable bonds is 7. The maximum Gasteiger partial charge on any atom is 0.311 e. The lowest BCUT2D eigenvalue weighted by molar-refractivity contribution is -0.385. The van der Waals surface area contributed by atoms with Crippen molar-refractivity contribution >= 4 is 34.0 Å². The molecule has 2 amide bonds. The third-order valence-corrected chi connectivity index (χ3v) is 4.55. The average molecular weight is 416 g/mol. The highest BCUT2D eigenvalue weighted by molar-refractivity contribution is 7.14. The van der Waals surface area contributed by atoms with Gasteiger partial charge in [0.05, 0.1) is 18.6 Å². The number of nitrogens with one attached hydrogen (secondary N) is 2. The van der Waals surface area contributed by atoms with E-state index >= 15 is 0 Å². The number of anilines is 1. The molecular weight excluding hydrogens is 400 g/mol. The Morgan fingerprint density at radius 2 is 2.10 bits per heavy atom. The number of hydrogen-bond donors (Lipinski definition) is 2. The number of thiazole rings is 1. The summed E-state index contributed by atoms with van der Waals surface area (Å²) >= 11 is 1.18. The Morgan fingerprint density at radius 1 is 1.31 bits per heavy atom. The van der Waals surface area contributed by atoms with E-state index in [-0.39, 0.29) is 29.5 Å². The van der Waals surface area contributed by atoms with Gasteiger partial charge in [-0.15, -0.1) is 11.3 Å². The Hall–Kier alpha value is -3.73. The number of carbonyl (C=O) groups excluding carboxylic acids is 2. The van der Waals surface area contributed by atoms with Crippen molar-refractivity contribution in [3.8, 4) is 17.2 Å². The van der Waals surface area contributed by atoms with Gasteiger partial charge in [0, 0.05) is 23.9 Å². The van der Waals surface area contributed by atoms with Crippen LogP contribution in [0, 0.1) is 10.1 Å². The number of nitro groups is 1. The van der Waals surface area contributed by atoms with E-state index in [1.54, 1.807) is 17.5 Å². The molecule has 0 saturated heterocycles. The minimum atomic E-state index is -0.618. The number of aromatic nitrogens is 1. The molecule has 11 heteroatoms. The zero-order valence-electron chi connectivity index (χ0n) is 15.4. The molecule has 3 rings (SSSR count). The molecule has 3 aromatic rings. The Labute approximate surface area is 168 Å². The second-order valence-electron chi connectivity index (χ2n) is 5.81. The van der Waals surface area contributed by atoms with Crippen molar-refractivity contribution in [3.63, 3.8) is 0 Å². The summed E-state index contributed by atoms with van der Waals surface area (Å²) in [5, 5.41) is 18.4. The van der Waals surface area contributed by atoms with Crippen LogP contribution in [0.2, 0.25) is 0 Å². The number of benzene rings is 1. The zero-order valence-corrected chi connectivity index (χ0v) is 16.2. The molecule has 29 heavy (non-hydrogen) atoms. The molecular formula is C18H16N4O6S. The summed E-state index contributed by atoms with van der Waals surface area (Å²) in [4.78, 5) is 38.2. The molecule has 150 valence electrons. The van der Waals surface area contributed by atoms with Crippen LogP contribution >= 0.6 is 11.3 Å². The fourth-order valence-corrected chi connectivity index (χ4v) is 3.10. The van der Waals surface area contributed by atoms with E-state index < -0.39 is 10.8 Å². The number of furan rings is 1. The summed E-state index contributed by atoms with van der Waals surface area (Å²) in [5.41, 5.74) is 0.312. The smallest absolute Gasteiger partial charge is 0.311 e. The first-order chi connectivity index (χ1) is 13.9. The summed E-state index contributed by atoms with van der Waals surface area (Å²) < 4.78 is 10.5. The first-order valence-corrected chi connectivity index (χ1v) is 9.18. The van der Waals surface area contributed by atoms with Crippen molar-refractivity contribution in [2.75, 3.05) is 12.4 Å². The van der Waals surface area contributed by atoms with Gasteiger partial charge in [-0.1, -0.05) is 0 Å². The van der Waals surface area contributed by atoms with E-state index in [0.29, 0.717) is 22.3 Å². The fourth-order valence-electron chi connectivity index (χ4n) is 2.41. The molecule has 0 saturated carbocycles. The zero-order chi connectivity index (χ0) is 21.0. The van der Waals surface area contributed by atoms with E-state index in [0.717, 1.165) is 6.07 Å². The molecule has 10 nitrogen and oxygen atoms in total. The third-order valence-electron chi connectivity index (χ3n) is 3.79. The molecule has 2 N–H and O–H groups in total. The maximum atomic E-state index is 12.4. The predicted molar refractivity (Wildman–Crippen MR) is 105 cm³/mol. The van der Waals surface area contributed by atoms with Gasteiger partial charge in [-0.3, -0.25) is 25.0 Å². The third kappa shape index (κ3) is 4.76. The van der Waals surface area contributed by atoms with Crippen molar-refractivity contribution in [2.45, 2.75) is 13.5 Å². The minimum absolute atomic E-state index is 0.0657. The molecule has 2 heterocycles. The second kappa shape index (κ2) is 8.52. The molecule has 0 aliphatic rings. The summed E-state index contributed by atoms with van der Waals surface area (Å²) in [6, 6.07) is 7.36. The average Bonchev–Trinajstić information content (AvgIpc) is 3.35. The predicted octanol–water partition coefficient (Wildman–Crippen LogP) is 3.21. The van der Waals surface area contributed by atoms with Gasteiger partial charge in [-0.05, 0) is 24.3 Å². The standard InChI is InChI=1S/C18H16N4O6S/c1-10(23)19-8-12-4-6-15(28-12)13-9-29-18(20-13)21-17(24)11-3-5-16(27-2)14(7-11)22(25)26/h3-7,9H,8H2,1-2H3,(H,19,23)(H,20,21,24). The number of amides is 2. The largest absolute Gasteiger partial charge is 0.490 e. The van der Waals surface area contributed by atoms with Gasteiger partial charge < -0.3 is 14.5 Å². The topological polar surface area (TPSA) is 137 Å². The molecule has 0 radical (unpaired) electrons. The number of methoxy groups -OCH3 is 1. The number of hydrogen-bond acceptors (Lipinski definition) is 8. The van der Waals surface area contributed by atoms with E-state index in [4.69, 9.17) is 9.15 Å². The van der Waals surface area contributed by atoms with E-state index in [2.05, 4.69) is 15.6 Å². The summed E-state index contributed by atoms with van der Waals surface area (Å²) in [5.74, 6) is 0.417. The van der Waals surface area contributed by atoms with Crippen molar-refractivity contribution < 1.29 is 23.7 Å². The lowest BCUT2D eigenvalue weighted by Gasteiger charge is -2.05. The molecule has 0 spiro atoms. The Kier molecular flexibility index (Phi) is 5.88. The van der Waals surface area contributed by atoms with Gasteiger partial charge in [-0.2, -0.15) is 0 Å². The lowest BCUT2D eigenvalue weighted by atomic mass is 10.2. The van der Waals surface area contributed by atoms with Crippen LogP contribution in [0.5, 0.6) is 5.75 Å². The van der Waals surface area contributed by atoms with E-state index in [1.165, 1.54) is 37.5 Å². The van der Waals surface area contributed by atoms with Crippen LogP contribution in [-0.2, 0) is 11.3 Å². The Morgan fingerprint density at radius 3 is 2.79 bits per heavy atom. The van der Waals surface area contributed by atoms with Crippen LogP contribution < -0.4 is 15.4 Å². The first kappa shape index (κ1) is 20.0. The van der Waals surface area contributed by atoms with Gasteiger partial charge in [0.1, 0.15) is 11.5 Å². The van der Waals surface area contributed by atoms with Gasteiger partial charge in [-0.25, -0.2) is 4.98 Å². The number of carbonyl (C=O) groups is 2. The fraction of sp³-hybridized carbons (Fsp3) is 0.167. The van der Waals surface area contributed by atoms with Crippen LogP contribution in [-0.4, -0.2) is 28.8 Å². The van der Waals surface area contributed by atoms with Crippen molar-refractivity contribution in [1.29, 1.82) is 0 Å². The van der Waals surface area contributed by atoms with Crippen molar-refractivity contribution in [2.24, 2.45) is 0 Å². The van der Waals surface area contributed by atoms with Gasteiger partial charge >= 0.3 is 5.69 Å². The minimum Gasteiger partial charge on any atom is -0.490 e. The highest BCUT2D eigenvalue weighted by Gasteiger charge is 2.19.